The molecule has 0 saturated heterocycles. The third-order valence-corrected chi connectivity index (χ3v) is 6.61. The second kappa shape index (κ2) is 9.54. The van der Waals surface area contributed by atoms with Crippen molar-refractivity contribution in [1.82, 2.24) is 24.6 Å². The predicted octanol–water partition coefficient (Wildman–Crippen LogP) is 4.57. The summed E-state index contributed by atoms with van der Waals surface area (Å²) < 4.78 is 4.02. The van der Waals surface area contributed by atoms with Gasteiger partial charge >= 0.3 is 6.03 Å². The van der Waals surface area contributed by atoms with Gasteiger partial charge < -0.3 is 9.88 Å². The minimum absolute atomic E-state index is 0.00572. The molecule has 1 aliphatic carbocycles. The number of aromatic nitrogens is 4. The van der Waals surface area contributed by atoms with Crippen LogP contribution in [0.25, 0.3) is 10.9 Å². The number of hydrogen-bond acceptors (Lipinski definition) is 3. The highest BCUT2D eigenvalue weighted by molar-refractivity contribution is 5.95. The summed E-state index contributed by atoms with van der Waals surface area (Å²) in [4.78, 5) is 19.4. The zero-order valence-electron chi connectivity index (χ0n) is 19.0. The van der Waals surface area contributed by atoms with E-state index < -0.39 is 0 Å². The smallest absolute Gasteiger partial charge is 0.321 e. The Hall–Kier alpha value is -2.83. The lowest BCUT2D eigenvalue weighted by Gasteiger charge is -2.30. The van der Waals surface area contributed by atoms with Crippen LogP contribution in [-0.4, -0.2) is 38.5 Å². The molecule has 0 radical (unpaired) electrons. The highest BCUT2D eigenvalue weighted by atomic mass is 16.2. The van der Waals surface area contributed by atoms with E-state index >= 15 is 0 Å². The van der Waals surface area contributed by atoms with Gasteiger partial charge in [0.05, 0.1) is 11.8 Å². The number of benzene rings is 1. The van der Waals surface area contributed by atoms with Crippen LogP contribution in [-0.2, 0) is 13.6 Å². The van der Waals surface area contributed by atoms with Gasteiger partial charge in [0.2, 0.25) is 0 Å². The van der Waals surface area contributed by atoms with Crippen molar-refractivity contribution >= 4 is 22.6 Å². The zero-order chi connectivity index (χ0) is 21.8. The van der Waals surface area contributed by atoms with Crippen LogP contribution in [0.3, 0.4) is 0 Å². The lowest BCUT2D eigenvalue weighted by atomic mass is 9.89. The number of carbonyl (C=O) groups is 1. The van der Waals surface area contributed by atoms with E-state index in [-0.39, 0.29) is 6.03 Å². The van der Waals surface area contributed by atoms with Crippen molar-refractivity contribution in [2.45, 2.75) is 58.9 Å². The molecule has 0 bridgehead atoms. The fraction of sp³-hybridized carbons (Fsp3) is 0.542. The van der Waals surface area contributed by atoms with Crippen LogP contribution in [0.2, 0.25) is 0 Å². The van der Waals surface area contributed by atoms with Crippen LogP contribution in [0.4, 0.5) is 10.5 Å². The third kappa shape index (κ3) is 4.92. The number of imidazole rings is 1. The number of amides is 2. The van der Waals surface area contributed by atoms with Gasteiger partial charge in [-0.15, -0.1) is 0 Å². The van der Waals surface area contributed by atoms with Crippen molar-refractivity contribution in [1.29, 1.82) is 0 Å². The second-order valence-electron chi connectivity index (χ2n) is 8.84. The van der Waals surface area contributed by atoms with Crippen LogP contribution >= 0.6 is 0 Å². The van der Waals surface area contributed by atoms with Gasteiger partial charge in [-0.25, -0.2) is 9.78 Å². The molecule has 0 spiro atoms. The van der Waals surface area contributed by atoms with E-state index in [4.69, 9.17) is 0 Å². The lowest BCUT2D eigenvalue weighted by Crippen LogP contribution is -2.43. The molecular formula is C24H34N6O. The molecule has 7 heteroatoms. The Labute approximate surface area is 184 Å². The number of urea groups is 1. The van der Waals surface area contributed by atoms with E-state index in [2.05, 4.69) is 33.0 Å². The summed E-state index contributed by atoms with van der Waals surface area (Å²) in [5, 5.41) is 8.82. The van der Waals surface area contributed by atoms with Crippen LogP contribution in [0.1, 0.15) is 49.9 Å². The Morgan fingerprint density at radius 3 is 2.77 bits per heavy atom. The number of nitrogens with one attached hydrogen (secondary N) is 1. The molecule has 2 amide bonds. The first-order chi connectivity index (χ1) is 15.0. The molecule has 4 rings (SSSR count). The number of rotatable bonds is 7. The molecule has 2 aromatic heterocycles. The summed E-state index contributed by atoms with van der Waals surface area (Å²) in [7, 11) is 1.96. The molecule has 3 aromatic rings. The molecule has 0 unspecified atom stereocenters. The summed E-state index contributed by atoms with van der Waals surface area (Å²) >= 11 is 0. The summed E-state index contributed by atoms with van der Waals surface area (Å²) in [6, 6.07) is 6.18. The van der Waals surface area contributed by atoms with Gasteiger partial charge in [0.15, 0.2) is 0 Å². The Morgan fingerprint density at radius 2 is 2.03 bits per heavy atom. The van der Waals surface area contributed by atoms with E-state index in [9.17, 15) is 4.79 Å². The van der Waals surface area contributed by atoms with E-state index in [0.29, 0.717) is 12.5 Å². The molecule has 166 valence electrons. The third-order valence-electron chi connectivity index (χ3n) is 6.61. The number of hydrogen-bond donors (Lipinski definition) is 1. The molecule has 7 nitrogen and oxygen atoms in total. The van der Waals surface area contributed by atoms with Gasteiger partial charge in [0.1, 0.15) is 0 Å². The minimum Gasteiger partial charge on any atom is -0.338 e. The number of nitrogens with zero attached hydrogens (tertiary/aromatic N) is 5. The molecule has 1 N–H and O–H groups in total. The first-order valence-corrected chi connectivity index (χ1v) is 11.5. The normalized spacial score (nSPS) is 14.8. The van der Waals surface area contributed by atoms with Crippen molar-refractivity contribution in [2.75, 3.05) is 18.0 Å². The van der Waals surface area contributed by atoms with Crippen molar-refractivity contribution in [3.63, 3.8) is 0 Å². The first-order valence-electron chi connectivity index (χ1n) is 11.5. The molecular weight excluding hydrogens is 388 g/mol. The molecule has 1 aliphatic rings. The first kappa shape index (κ1) is 21.4. The van der Waals surface area contributed by atoms with Crippen LogP contribution < -0.4 is 10.2 Å². The molecule has 0 aliphatic heterocycles. The largest absolute Gasteiger partial charge is 0.338 e. The number of carbonyl (C=O) groups excluding carboxylic acids is 1. The highest BCUT2D eigenvalue weighted by Gasteiger charge is 2.23. The van der Waals surface area contributed by atoms with Crippen molar-refractivity contribution < 1.29 is 4.79 Å². The Balaban J connectivity index is 1.47. The highest BCUT2D eigenvalue weighted by Crippen LogP contribution is 2.29. The second-order valence-corrected chi connectivity index (χ2v) is 8.84. The van der Waals surface area contributed by atoms with Gasteiger partial charge in [-0.3, -0.25) is 9.58 Å². The molecule has 1 aromatic carbocycles. The Kier molecular flexibility index (Phi) is 6.59. The summed E-state index contributed by atoms with van der Waals surface area (Å²) in [5.74, 6) is 0.568. The fourth-order valence-electron chi connectivity index (χ4n) is 4.57. The monoisotopic (exact) mass is 422 g/mol. The number of fused-ring (bicyclic) bond motifs is 1. The van der Waals surface area contributed by atoms with Gasteiger partial charge in [-0.1, -0.05) is 19.3 Å². The Morgan fingerprint density at radius 1 is 1.23 bits per heavy atom. The molecule has 1 fully saturated rings. The van der Waals surface area contributed by atoms with Crippen molar-refractivity contribution in [3.8, 4) is 0 Å². The predicted molar refractivity (Wildman–Crippen MR) is 124 cm³/mol. The van der Waals surface area contributed by atoms with E-state index in [1.807, 2.05) is 48.2 Å². The summed E-state index contributed by atoms with van der Waals surface area (Å²) in [6.45, 7) is 6.40. The zero-order valence-corrected chi connectivity index (χ0v) is 19.0. The average molecular weight is 423 g/mol. The van der Waals surface area contributed by atoms with Gasteiger partial charge in [0, 0.05) is 55.3 Å². The van der Waals surface area contributed by atoms with Crippen molar-refractivity contribution in [2.24, 2.45) is 13.0 Å². The van der Waals surface area contributed by atoms with Gasteiger partial charge in [-0.2, -0.15) is 5.10 Å². The summed E-state index contributed by atoms with van der Waals surface area (Å²) in [5.41, 5.74) is 4.19. The topological polar surface area (TPSA) is 68.0 Å². The maximum Gasteiger partial charge on any atom is 0.321 e. The van der Waals surface area contributed by atoms with Crippen LogP contribution in [0.5, 0.6) is 0 Å². The maximum absolute atomic E-state index is 13.2. The maximum atomic E-state index is 13.2. The fourth-order valence-corrected chi connectivity index (χ4v) is 4.57. The number of anilines is 1. The molecule has 0 atom stereocenters. The minimum atomic E-state index is -0.00572. The average Bonchev–Trinajstić information content (AvgIpc) is 3.32. The standard InChI is InChI=1S/C24H34N6O/c1-18-15-25-17-29(18)13-7-12-26-24(31)30(16-20-8-5-4-6-9-20)21-10-11-23-22(14-21)19(2)28(3)27-23/h10-11,14-15,17,20H,4-9,12-13,16H2,1-3H3,(H,26,31). The summed E-state index contributed by atoms with van der Waals surface area (Å²) in [6.07, 6.45) is 10.9. The van der Waals surface area contributed by atoms with Crippen LogP contribution in [0.15, 0.2) is 30.7 Å². The SMILES string of the molecule is Cc1cncn1CCCNC(=O)N(CC1CCCCC1)c1ccc2nn(C)c(C)c2c1. The molecule has 31 heavy (non-hydrogen) atoms. The van der Waals surface area contributed by atoms with Gasteiger partial charge in [0.25, 0.3) is 0 Å². The number of aryl methyl sites for hydroxylation is 4. The molecule has 2 heterocycles. The quantitative estimate of drug-likeness (QED) is 0.567. The lowest BCUT2D eigenvalue weighted by molar-refractivity contribution is 0.243. The van der Waals surface area contributed by atoms with E-state index in [1.54, 1.807) is 0 Å². The molecule has 1 saturated carbocycles. The Bertz CT molecular complexity index is 1030. The van der Waals surface area contributed by atoms with E-state index in [0.717, 1.165) is 47.5 Å². The van der Waals surface area contributed by atoms with E-state index in [1.165, 1.54) is 32.1 Å². The van der Waals surface area contributed by atoms with Crippen LogP contribution in [0, 0.1) is 19.8 Å². The van der Waals surface area contributed by atoms with Gasteiger partial charge in [-0.05, 0) is 57.2 Å². The van der Waals surface area contributed by atoms with Crippen molar-refractivity contribution in [3.05, 3.63) is 42.1 Å².